The van der Waals surface area contributed by atoms with E-state index in [9.17, 15) is 14.7 Å². The molecule has 2 atom stereocenters. The molecular weight excluding hydrogens is 586 g/mol. The Morgan fingerprint density at radius 3 is 2.24 bits per heavy atom. The Kier molecular flexibility index (Phi) is 10.9. The molecule has 0 aliphatic carbocycles. The third kappa shape index (κ3) is 8.12. The number of carbonyl (C=O) groups excluding carboxylic acids is 1. The molecule has 8 heteroatoms. The van der Waals surface area contributed by atoms with E-state index in [4.69, 9.17) is 16.3 Å². The van der Waals surface area contributed by atoms with Crippen molar-refractivity contribution in [2.24, 2.45) is 10.9 Å². The van der Waals surface area contributed by atoms with E-state index >= 15 is 0 Å². The highest BCUT2D eigenvalue weighted by molar-refractivity contribution is 6.30. The second-order valence-electron chi connectivity index (χ2n) is 11.0. The summed E-state index contributed by atoms with van der Waals surface area (Å²) in [7, 11) is 0. The van der Waals surface area contributed by atoms with Crippen molar-refractivity contribution in [1.29, 1.82) is 0 Å². The molecule has 2 heterocycles. The minimum atomic E-state index is -1.06. The largest absolute Gasteiger partial charge is 0.481 e. The number of carboxylic acid groups (broad SMARTS) is 1. The molecule has 1 amide bonds. The number of nitrogens with one attached hydrogen (secondary N) is 1. The number of hydrogen-bond acceptors (Lipinski definition) is 5. The second-order valence-corrected chi connectivity index (χ2v) is 11.4. The molecule has 1 aliphatic rings. The van der Waals surface area contributed by atoms with Crippen LogP contribution in [0.4, 0.5) is 0 Å². The highest BCUT2D eigenvalue weighted by Gasteiger charge is 2.41. The normalized spacial score (nSPS) is 16.4. The van der Waals surface area contributed by atoms with E-state index in [1.165, 1.54) is 0 Å². The molecule has 2 N–H and O–H groups in total. The van der Waals surface area contributed by atoms with Gasteiger partial charge in [0.2, 0.25) is 5.91 Å². The van der Waals surface area contributed by atoms with Crippen LogP contribution in [0, 0.1) is 5.92 Å². The fourth-order valence-corrected chi connectivity index (χ4v) is 6.10. The first-order chi connectivity index (χ1) is 21.9. The number of aliphatic carboxylic acids is 1. The van der Waals surface area contributed by atoms with Crippen molar-refractivity contribution in [3.63, 3.8) is 0 Å². The summed E-state index contributed by atoms with van der Waals surface area (Å²) in [6, 6.07) is 33.1. The summed E-state index contributed by atoms with van der Waals surface area (Å²) in [5.41, 5.74) is 4.93. The zero-order valence-corrected chi connectivity index (χ0v) is 25.9. The number of carboxylic acids is 1. The number of pyridine rings is 1. The predicted octanol–water partition coefficient (Wildman–Crippen LogP) is 6.85. The first-order valence-corrected chi connectivity index (χ1v) is 15.4. The molecule has 0 radical (unpaired) electrons. The van der Waals surface area contributed by atoms with Crippen molar-refractivity contribution in [3.8, 4) is 0 Å². The fraction of sp³-hybridized carbons (Fsp3) is 0.243. The van der Waals surface area contributed by atoms with Gasteiger partial charge in [0.15, 0.2) is 0 Å². The number of amides is 1. The average molecular weight is 622 g/mol. The topological polar surface area (TPSA) is 101 Å². The van der Waals surface area contributed by atoms with Gasteiger partial charge in [0.1, 0.15) is 5.92 Å². The monoisotopic (exact) mass is 621 g/mol. The Labute approximate surface area is 268 Å². The minimum Gasteiger partial charge on any atom is -0.481 e. The quantitative estimate of drug-likeness (QED) is 0.159. The zero-order valence-electron chi connectivity index (χ0n) is 25.1. The standard InChI is InChI=1S/C37H36ClN3O4/c1-25-33(37(43)44)34(28-15-10-16-29(38)23-28)35(32(41-25)24-45-22-19-30-17-8-9-20-39-30)36(42)40-21-18-31(26-11-4-2-5-12-26)27-13-6-3-7-14-27/h2-17,20,23,31,33-34H,18-19,21-22,24H2,1H3,(H,40,42)(H,43,44). The molecule has 7 nitrogen and oxygen atoms in total. The molecule has 0 bridgehead atoms. The summed E-state index contributed by atoms with van der Waals surface area (Å²) >= 11 is 6.36. The van der Waals surface area contributed by atoms with Crippen LogP contribution in [0.5, 0.6) is 0 Å². The van der Waals surface area contributed by atoms with Crippen LogP contribution in [0.1, 0.15) is 47.6 Å². The Morgan fingerprint density at radius 2 is 1.62 bits per heavy atom. The van der Waals surface area contributed by atoms with E-state index < -0.39 is 17.8 Å². The summed E-state index contributed by atoms with van der Waals surface area (Å²) in [6.45, 7) is 2.47. The van der Waals surface area contributed by atoms with E-state index in [0.29, 0.717) is 48.0 Å². The number of hydrogen-bond donors (Lipinski definition) is 2. The Morgan fingerprint density at radius 1 is 0.933 bits per heavy atom. The van der Waals surface area contributed by atoms with Crippen molar-refractivity contribution in [2.45, 2.75) is 31.6 Å². The molecule has 0 saturated heterocycles. The second kappa shape index (κ2) is 15.4. The van der Waals surface area contributed by atoms with Gasteiger partial charge in [0, 0.05) is 53.0 Å². The molecule has 4 aromatic rings. The Balaban J connectivity index is 1.43. The van der Waals surface area contributed by atoms with Crippen molar-refractivity contribution in [3.05, 3.63) is 148 Å². The molecule has 230 valence electrons. The van der Waals surface area contributed by atoms with E-state index in [0.717, 1.165) is 16.8 Å². The smallest absolute Gasteiger partial charge is 0.313 e. The maximum atomic E-state index is 14.1. The zero-order chi connectivity index (χ0) is 31.6. The van der Waals surface area contributed by atoms with Crippen LogP contribution < -0.4 is 5.32 Å². The lowest BCUT2D eigenvalue weighted by atomic mass is 9.75. The molecule has 2 unspecified atom stereocenters. The van der Waals surface area contributed by atoms with Gasteiger partial charge in [-0.15, -0.1) is 0 Å². The highest BCUT2D eigenvalue weighted by atomic mass is 35.5. The number of carbonyl (C=O) groups is 2. The summed E-state index contributed by atoms with van der Waals surface area (Å²) in [5.74, 6) is -3.20. The molecule has 1 aromatic heterocycles. The summed E-state index contributed by atoms with van der Waals surface area (Å²) in [4.78, 5) is 35.8. The van der Waals surface area contributed by atoms with Gasteiger partial charge in [-0.2, -0.15) is 0 Å². The van der Waals surface area contributed by atoms with Crippen LogP contribution in [0.25, 0.3) is 0 Å². The van der Waals surface area contributed by atoms with Crippen LogP contribution in [0.3, 0.4) is 0 Å². The maximum Gasteiger partial charge on any atom is 0.313 e. The number of aliphatic imine (C=N–C) groups is 1. The molecule has 0 spiro atoms. The van der Waals surface area contributed by atoms with Gasteiger partial charge in [-0.1, -0.05) is 90.5 Å². The lowest BCUT2D eigenvalue weighted by molar-refractivity contribution is -0.139. The van der Waals surface area contributed by atoms with E-state index in [2.05, 4.69) is 39.6 Å². The van der Waals surface area contributed by atoms with Crippen molar-refractivity contribution >= 4 is 29.2 Å². The third-order valence-electron chi connectivity index (χ3n) is 8.03. The van der Waals surface area contributed by atoms with Crippen molar-refractivity contribution in [2.75, 3.05) is 19.8 Å². The molecular formula is C37H36ClN3O4. The number of aromatic nitrogens is 1. The molecule has 5 rings (SSSR count). The van der Waals surface area contributed by atoms with Crippen LogP contribution in [-0.4, -0.2) is 47.4 Å². The summed E-state index contributed by atoms with van der Waals surface area (Å²) in [6.07, 6.45) is 2.97. The molecule has 1 aliphatic heterocycles. The van der Waals surface area contributed by atoms with E-state index in [1.54, 1.807) is 37.4 Å². The van der Waals surface area contributed by atoms with Crippen LogP contribution in [0.2, 0.25) is 5.02 Å². The maximum absolute atomic E-state index is 14.1. The van der Waals surface area contributed by atoms with Crippen LogP contribution in [0.15, 0.2) is 126 Å². The van der Waals surface area contributed by atoms with Crippen LogP contribution >= 0.6 is 11.6 Å². The van der Waals surface area contributed by atoms with Crippen LogP contribution in [-0.2, 0) is 20.7 Å². The number of benzene rings is 3. The summed E-state index contributed by atoms with van der Waals surface area (Å²) < 4.78 is 6.01. The number of nitrogens with zero attached hydrogens (tertiary/aromatic N) is 2. The van der Waals surface area contributed by atoms with Gasteiger partial charge in [-0.3, -0.25) is 19.6 Å². The SMILES string of the molecule is CC1=NC(COCCc2ccccn2)=C(C(=O)NCCC(c2ccccc2)c2ccccc2)C(c2cccc(Cl)c2)C1C(=O)O. The Hall–Kier alpha value is -4.59. The Bertz CT molecular complexity index is 1620. The third-order valence-corrected chi connectivity index (χ3v) is 8.26. The fourth-order valence-electron chi connectivity index (χ4n) is 5.91. The van der Waals surface area contributed by atoms with Gasteiger partial charge in [-0.25, -0.2) is 0 Å². The highest BCUT2D eigenvalue weighted by Crippen LogP contribution is 2.40. The molecule has 45 heavy (non-hydrogen) atoms. The van der Waals surface area contributed by atoms with Crippen molar-refractivity contribution in [1.82, 2.24) is 10.3 Å². The molecule has 0 saturated carbocycles. The number of ether oxygens (including phenoxy) is 1. The van der Waals surface area contributed by atoms with E-state index in [1.807, 2.05) is 54.6 Å². The summed E-state index contributed by atoms with van der Waals surface area (Å²) in [5, 5.41) is 13.9. The van der Waals surface area contributed by atoms with Gasteiger partial charge in [0.05, 0.1) is 18.9 Å². The van der Waals surface area contributed by atoms with Crippen molar-refractivity contribution < 1.29 is 19.4 Å². The number of rotatable bonds is 13. The van der Waals surface area contributed by atoms with Gasteiger partial charge >= 0.3 is 5.97 Å². The minimum absolute atomic E-state index is 0.0486. The predicted molar refractivity (Wildman–Crippen MR) is 177 cm³/mol. The van der Waals surface area contributed by atoms with Gasteiger partial charge in [0.25, 0.3) is 0 Å². The lowest BCUT2D eigenvalue weighted by Crippen LogP contribution is -2.39. The van der Waals surface area contributed by atoms with Gasteiger partial charge in [-0.05, 0) is 54.3 Å². The number of halogens is 1. The lowest BCUT2D eigenvalue weighted by Gasteiger charge is -2.32. The molecule has 0 fully saturated rings. The van der Waals surface area contributed by atoms with Gasteiger partial charge < -0.3 is 15.2 Å². The average Bonchev–Trinajstić information content (AvgIpc) is 3.05. The first kappa shape index (κ1) is 31.8. The van der Waals surface area contributed by atoms with E-state index in [-0.39, 0.29) is 24.0 Å². The first-order valence-electron chi connectivity index (χ1n) is 15.0. The molecule has 3 aromatic carbocycles.